The topological polar surface area (TPSA) is 49.3 Å². The minimum absolute atomic E-state index is 0.147. The predicted molar refractivity (Wildman–Crippen MR) is 60.5 cm³/mol. The monoisotopic (exact) mass is 213 g/mol. The molecule has 2 N–H and O–H groups in total. The highest BCUT2D eigenvalue weighted by molar-refractivity contribution is 5.75. The molecule has 1 aliphatic rings. The van der Waals surface area contributed by atoms with E-state index in [4.69, 9.17) is 5.11 Å². The van der Waals surface area contributed by atoms with Crippen LogP contribution in [0.1, 0.15) is 51.4 Å². The SMILES string of the molecule is O=C(CCC1CCCCC1)NCCCO. The van der Waals surface area contributed by atoms with E-state index in [9.17, 15) is 4.79 Å². The summed E-state index contributed by atoms with van der Waals surface area (Å²) in [4.78, 5) is 11.4. The largest absolute Gasteiger partial charge is 0.396 e. The average molecular weight is 213 g/mol. The van der Waals surface area contributed by atoms with Gasteiger partial charge in [0, 0.05) is 19.6 Å². The summed E-state index contributed by atoms with van der Waals surface area (Å²) < 4.78 is 0. The maximum absolute atomic E-state index is 11.4. The summed E-state index contributed by atoms with van der Waals surface area (Å²) in [5, 5.41) is 11.4. The Morgan fingerprint density at radius 3 is 2.67 bits per heavy atom. The Kier molecular flexibility index (Phi) is 6.41. The van der Waals surface area contributed by atoms with Crippen LogP contribution in [0.15, 0.2) is 0 Å². The minimum Gasteiger partial charge on any atom is -0.396 e. The normalized spacial score (nSPS) is 17.7. The molecule has 1 amide bonds. The van der Waals surface area contributed by atoms with E-state index in [1.807, 2.05) is 0 Å². The molecule has 88 valence electrons. The summed E-state index contributed by atoms with van der Waals surface area (Å²) >= 11 is 0. The number of aliphatic hydroxyl groups is 1. The summed E-state index contributed by atoms with van der Waals surface area (Å²) in [6, 6.07) is 0. The van der Waals surface area contributed by atoms with Gasteiger partial charge in [0.15, 0.2) is 0 Å². The molecule has 0 heterocycles. The first-order valence-corrected chi connectivity index (χ1v) is 6.20. The summed E-state index contributed by atoms with van der Waals surface area (Å²) in [6.07, 6.45) is 9.05. The first kappa shape index (κ1) is 12.5. The van der Waals surface area contributed by atoms with E-state index in [1.54, 1.807) is 0 Å². The van der Waals surface area contributed by atoms with Crippen LogP contribution in [0.5, 0.6) is 0 Å². The molecule has 3 heteroatoms. The molecular formula is C12H23NO2. The van der Waals surface area contributed by atoms with Crippen LogP contribution in [0.25, 0.3) is 0 Å². The van der Waals surface area contributed by atoms with Gasteiger partial charge in [0.1, 0.15) is 0 Å². The van der Waals surface area contributed by atoms with Crippen LogP contribution in [0.4, 0.5) is 0 Å². The molecule has 1 aliphatic carbocycles. The van der Waals surface area contributed by atoms with Gasteiger partial charge in [0.25, 0.3) is 0 Å². The molecule has 0 atom stereocenters. The van der Waals surface area contributed by atoms with Crippen molar-refractivity contribution in [3.8, 4) is 0 Å². The van der Waals surface area contributed by atoms with Crippen LogP contribution in [0.2, 0.25) is 0 Å². The van der Waals surface area contributed by atoms with Gasteiger partial charge in [-0.1, -0.05) is 32.1 Å². The van der Waals surface area contributed by atoms with Crippen LogP contribution >= 0.6 is 0 Å². The van der Waals surface area contributed by atoms with Gasteiger partial charge in [0.05, 0.1) is 0 Å². The fraction of sp³-hybridized carbons (Fsp3) is 0.917. The number of nitrogens with one attached hydrogen (secondary N) is 1. The lowest BCUT2D eigenvalue weighted by Gasteiger charge is -2.20. The molecule has 15 heavy (non-hydrogen) atoms. The second-order valence-corrected chi connectivity index (χ2v) is 4.47. The summed E-state index contributed by atoms with van der Waals surface area (Å²) in [5.74, 6) is 0.927. The van der Waals surface area contributed by atoms with Crippen molar-refractivity contribution in [2.75, 3.05) is 13.2 Å². The first-order chi connectivity index (χ1) is 7.33. The van der Waals surface area contributed by atoms with Gasteiger partial charge in [-0.05, 0) is 18.8 Å². The van der Waals surface area contributed by atoms with Crippen molar-refractivity contribution in [3.63, 3.8) is 0 Å². The third kappa shape index (κ3) is 5.78. The predicted octanol–water partition coefficient (Wildman–Crippen LogP) is 1.85. The molecule has 0 spiro atoms. The number of hydrogen-bond donors (Lipinski definition) is 2. The van der Waals surface area contributed by atoms with Crippen LogP contribution in [-0.4, -0.2) is 24.2 Å². The molecule has 1 saturated carbocycles. The lowest BCUT2D eigenvalue weighted by Crippen LogP contribution is -2.25. The molecule has 0 saturated heterocycles. The number of aliphatic hydroxyl groups excluding tert-OH is 1. The standard InChI is InChI=1S/C12H23NO2/c14-10-4-9-13-12(15)8-7-11-5-2-1-3-6-11/h11,14H,1-10H2,(H,13,15). The molecule has 1 rings (SSSR count). The Morgan fingerprint density at radius 2 is 2.00 bits per heavy atom. The van der Waals surface area contributed by atoms with E-state index in [0.29, 0.717) is 19.4 Å². The second-order valence-electron chi connectivity index (χ2n) is 4.47. The average Bonchev–Trinajstić information content (AvgIpc) is 2.28. The molecular weight excluding hydrogens is 190 g/mol. The van der Waals surface area contributed by atoms with Gasteiger partial charge < -0.3 is 10.4 Å². The Balaban J connectivity index is 2.00. The van der Waals surface area contributed by atoms with E-state index in [1.165, 1.54) is 32.1 Å². The minimum atomic E-state index is 0.147. The fourth-order valence-corrected chi connectivity index (χ4v) is 2.21. The second kappa shape index (κ2) is 7.69. The highest BCUT2D eigenvalue weighted by Crippen LogP contribution is 2.27. The third-order valence-corrected chi connectivity index (χ3v) is 3.16. The number of rotatable bonds is 6. The quantitative estimate of drug-likeness (QED) is 0.661. The molecule has 0 aromatic carbocycles. The number of carbonyl (C=O) groups excluding carboxylic acids is 1. The van der Waals surface area contributed by atoms with Crippen LogP contribution in [-0.2, 0) is 4.79 Å². The summed E-state index contributed by atoms with van der Waals surface area (Å²) in [6.45, 7) is 0.767. The van der Waals surface area contributed by atoms with Crippen molar-refractivity contribution < 1.29 is 9.90 Å². The number of amides is 1. The fourth-order valence-electron chi connectivity index (χ4n) is 2.21. The van der Waals surface area contributed by atoms with Gasteiger partial charge in [-0.3, -0.25) is 4.79 Å². The van der Waals surface area contributed by atoms with Gasteiger partial charge >= 0.3 is 0 Å². The summed E-state index contributed by atoms with van der Waals surface area (Å²) in [7, 11) is 0. The summed E-state index contributed by atoms with van der Waals surface area (Å²) in [5.41, 5.74) is 0. The van der Waals surface area contributed by atoms with Gasteiger partial charge in [0.2, 0.25) is 5.91 Å². The highest BCUT2D eigenvalue weighted by atomic mass is 16.3. The van der Waals surface area contributed by atoms with E-state index >= 15 is 0 Å². The van der Waals surface area contributed by atoms with Crippen LogP contribution in [0, 0.1) is 5.92 Å². The van der Waals surface area contributed by atoms with Crippen LogP contribution in [0.3, 0.4) is 0 Å². The molecule has 0 aromatic heterocycles. The van der Waals surface area contributed by atoms with E-state index in [0.717, 1.165) is 12.3 Å². The zero-order valence-corrected chi connectivity index (χ0v) is 9.50. The highest BCUT2D eigenvalue weighted by Gasteiger charge is 2.14. The number of hydrogen-bond acceptors (Lipinski definition) is 2. The molecule has 0 radical (unpaired) electrons. The van der Waals surface area contributed by atoms with Crippen molar-refractivity contribution in [3.05, 3.63) is 0 Å². The Hall–Kier alpha value is -0.570. The van der Waals surface area contributed by atoms with Gasteiger partial charge in [-0.15, -0.1) is 0 Å². The molecule has 0 aliphatic heterocycles. The lowest BCUT2D eigenvalue weighted by atomic mass is 9.86. The third-order valence-electron chi connectivity index (χ3n) is 3.16. The zero-order valence-electron chi connectivity index (χ0n) is 9.50. The number of carbonyl (C=O) groups is 1. The molecule has 3 nitrogen and oxygen atoms in total. The zero-order chi connectivity index (χ0) is 10.9. The smallest absolute Gasteiger partial charge is 0.220 e. The van der Waals surface area contributed by atoms with E-state index < -0.39 is 0 Å². The molecule has 1 fully saturated rings. The first-order valence-electron chi connectivity index (χ1n) is 6.20. The Labute approximate surface area is 92.3 Å². The van der Waals surface area contributed by atoms with Crippen molar-refractivity contribution in [1.82, 2.24) is 5.32 Å². The van der Waals surface area contributed by atoms with Crippen molar-refractivity contribution in [2.45, 2.75) is 51.4 Å². The van der Waals surface area contributed by atoms with Gasteiger partial charge in [-0.2, -0.15) is 0 Å². The molecule has 0 unspecified atom stereocenters. The Bertz CT molecular complexity index is 176. The van der Waals surface area contributed by atoms with E-state index in [-0.39, 0.29) is 12.5 Å². The molecule has 0 bridgehead atoms. The van der Waals surface area contributed by atoms with Crippen molar-refractivity contribution >= 4 is 5.91 Å². The maximum Gasteiger partial charge on any atom is 0.220 e. The van der Waals surface area contributed by atoms with Crippen molar-refractivity contribution in [1.29, 1.82) is 0 Å². The lowest BCUT2D eigenvalue weighted by molar-refractivity contribution is -0.121. The molecule has 0 aromatic rings. The van der Waals surface area contributed by atoms with Crippen LogP contribution < -0.4 is 5.32 Å². The van der Waals surface area contributed by atoms with Gasteiger partial charge in [-0.25, -0.2) is 0 Å². The van der Waals surface area contributed by atoms with Crippen molar-refractivity contribution in [2.24, 2.45) is 5.92 Å². The maximum atomic E-state index is 11.4. The van der Waals surface area contributed by atoms with E-state index in [2.05, 4.69) is 5.32 Å². The Morgan fingerprint density at radius 1 is 1.27 bits per heavy atom.